The van der Waals surface area contributed by atoms with E-state index in [9.17, 15) is 4.79 Å². The van der Waals surface area contributed by atoms with Crippen molar-refractivity contribution in [2.75, 3.05) is 30.8 Å². The molecule has 0 saturated carbocycles. The van der Waals surface area contributed by atoms with E-state index in [0.29, 0.717) is 18.3 Å². The zero-order chi connectivity index (χ0) is 14.3. The lowest BCUT2D eigenvalue weighted by atomic mass is 10.3. The summed E-state index contributed by atoms with van der Waals surface area (Å²) in [6.45, 7) is 7.38. The first-order valence-corrected chi connectivity index (χ1v) is 6.66. The summed E-state index contributed by atoms with van der Waals surface area (Å²) in [5.74, 6) is 1.28. The van der Waals surface area contributed by atoms with Crippen LogP contribution in [-0.4, -0.2) is 47.0 Å². The Morgan fingerprint density at radius 2 is 2.21 bits per heavy atom. The Morgan fingerprint density at radius 1 is 1.47 bits per heavy atom. The lowest BCUT2D eigenvalue weighted by Gasteiger charge is -2.21. The first-order valence-electron chi connectivity index (χ1n) is 6.66. The van der Waals surface area contributed by atoms with Crippen LogP contribution in [0.1, 0.15) is 27.2 Å². The molecule has 0 bridgehead atoms. The van der Waals surface area contributed by atoms with Gasteiger partial charge in [-0.25, -0.2) is 4.98 Å². The maximum absolute atomic E-state index is 11.9. The zero-order valence-electron chi connectivity index (χ0n) is 12.1. The molecule has 0 saturated heterocycles. The Hall–Kier alpha value is -1.85. The van der Waals surface area contributed by atoms with Crippen LogP contribution in [0.15, 0.2) is 12.3 Å². The molecule has 1 unspecified atom stereocenters. The number of carbonyl (C=O) groups is 1. The third kappa shape index (κ3) is 4.73. The number of nitrogens with zero attached hydrogens (tertiary/aromatic N) is 3. The van der Waals surface area contributed by atoms with Gasteiger partial charge in [0.25, 0.3) is 0 Å². The summed E-state index contributed by atoms with van der Waals surface area (Å²) in [7, 11) is 1.79. The van der Waals surface area contributed by atoms with E-state index in [0.717, 1.165) is 13.0 Å². The van der Waals surface area contributed by atoms with Crippen LogP contribution >= 0.6 is 0 Å². The van der Waals surface area contributed by atoms with E-state index in [1.165, 1.54) is 0 Å². The number of hydrogen-bond acceptors (Lipinski definition) is 5. The number of rotatable bonds is 7. The Balaban J connectivity index is 2.63. The number of aromatic nitrogens is 2. The fraction of sp³-hybridized carbons (Fsp3) is 0.615. The van der Waals surface area contributed by atoms with Crippen molar-refractivity contribution in [3.8, 4) is 0 Å². The van der Waals surface area contributed by atoms with Crippen LogP contribution in [0.5, 0.6) is 0 Å². The quantitative estimate of drug-likeness (QED) is 0.783. The van der Waals surface area contributed by atoms with Crippen molar-refractivity contribution in [1.82, 2.24) is 14.9 Å². The summed E-state index contributed by atoms with van der Waals surface area (Å²) in [5, 5.41) is 6.20. The fourth-order valence-corrected chi connectivity index (χ4v) is 1.53. The van der Waals surface area contributed by atoms with E-state index in [1.54, 1.807) is 24.2 Å². The zero-order valence-corrected chi connectivity index (χ0v) is 12.1. The second-order valence-corrected chi connectivity index (χ2v) is 4.41. The van der Waals surface area contributed by atoms with Gasteiger partial charge in [-0.1, -0.05) is 6.92 Å². The lowest BCUT2D eigenvalue weighted by Crippen LogP contribution is -2.39. The Kier molecular flexibility index (Phi) is 6.05. The minimum atomic E-state index is -0.307. The van der Waals surface area contributed by atoms with Gasteiger partial charge in [0.1, 0.15) is 11.9 Å². The van der Waals surface area contributed by atoms with Crippen molar-refractivity contribution >= 4 is 17.7 Å². The Labute approximate surface area is 114 Å². The molecule has 1 amide bonds. The van der Waals surface area contributed by atoms with Gasteiger partial charge in [-0.05, 0) is 26.3 Å². The summed E-state index contributed by atoms with van der Waals surface area (Å²) in [5.41, 5.74) is 0. The third-order valence-corrected chi connectivity index (χ3v) is 2.77. The molecule has 0 radical (unpaired) electrons. The molecule has 6 heteroatoms. The summed E-state index contributed by atoms with van der Waals surface area (Å²) >= 11 is 0. The van der Waals surface area contributed by atoms with Crippen LogP contribution < -0.4 is 10.6 Å². The molecule has 0 aliphatic rings. The van der Waals surface area contributed by atoms with Crippen LogP contribution in [-0.2, 0) is 4.79 Å². The van der Waals surface area contributed by atoms with E-state index in [4.69, 9.17) is 0 Å². The van der Waals surface area contributed by atoms with Crippen LogP contribution in [0.3, 0.4) is 0 Å². The van der Waals surface area contributed by atoms with Crippen LogP contribution in [0.4, 0.5) is 11.8 Å². The first kappa shape index (κ1) is 15.2. The maximum atomic E-state index is 11.9. The summed E-state index contributed by atoms with van der Waals surface area (Å²) < 4.78 is 0. The van der Waals surface area contributed by atoms with Crippen LogP contribution in [0.2, 0.25) is 0 Å². The van der Waals surface area contributed by atoms with Crippen molar-refractivity contribution in [3.63, 3.8) is 0 Å². The van der Waals surface area contributed by atoms with Gasteiger partial charge < -0.3 is 15.5 Å². The molecular weight excluding hydrogens is 242 g/mol. The second kappa shape index (κ2) is 7.56. The SMILES string of the molecule is CCCNc1nccc(NC(C)C(=O)N(C)CC)n1. The average Bonchev–Trinajstić information content (AvgIpc) is 2.43. The van der Waals surface area contributed by atoms with E-state index in [1.807, 2.05) is 13.8 Å². The number of likely N-dealkylation sites (N-methyl/N-ethyl adjacent to an activating group) is 1. The molecule has 0 fully saturated rings. The number of nitrogens with one attached hydrogen (secondary N) is 2. The Bertz CT molecular complexity index is 410. The van der Waals surface area contributed by atoms with E-state index in [-0.39, 0.29) is 11.9 Å². The minimum Gasteiger partial charge on any atom is -0.358 e. The summed E-state index contributed by atoms with van der Waals surface area (Å²) in [4.78, 5) is 22.1. The maximum Gasteiger partial charge on any atom is 0.244 e. The van der Waals surface area contributed by atoms with E-state index >= 15 is 0 Å². The van der Waals surface area contributed by atoms with Crippen molar-refractivity contribution in [2.24, 2.45) is 0 Å². The minimum absolute atomic E-state index is 0.0455. The van der Waals surface area contributed by atoms with Crippen molar-refractivity contribution < 1.29 is 4.79 Å². The van der Waals surface area contributed by atoms with Crippen LogP contribution in [0.25, 0.3) is 0 Å². The number of anilines is 2. The highest BCUT2D eigenvalue weighted by Crippen LogP contribution is 2.08. The van der Waals surface area contributed by atoms with Gasteiger partial charge in [0.15, 0.2) is 0 Å². The monoisotopic (exact) mass is 265 g/mol. The summed E-state index contributed by atoms with van der Waals surface area (Å²) in [6, 6.07) is 1.45. The van der Waals surface area contributed by atoms with E-state index in [2.05, 4.69) is 27.5 Å². The molecular formula is C13H23N5O. The lowest BCUT2D eigenvalue weighted by molar-refractivity contribution is -0.130. The summed E-state index contributed by atoms with van der Waals surface area (Å²) in [6.07, 6.45) is 2.69. The van der Waals surface area contributed by atoms with Gasteiger partial charge in [0, 0.05) is 26.3 Å². The molecule has 1 heterocycles. The largest absolute Gasteiger partial charge is 0.358 e. The smallest absolute Gasteiger partial charge is 0.244 e. The molecule has 0 aliphatic heterocycles. The molecule has 106 valence electrons. The van der Waals surface area contributed by atoms with Gasteiger partial charge in [-0.3, -0.25) is 4.79 Å². The Morgan fingerprint density at radius 3 is 2.84 bits per heavy atom. The highest BCUT2D eigenvalue weighted by Gasteiger charge is 2.16. The molecule has 0 spiro atoms. The van der Waals surface area contributed by atoms with Gasteiger partial charge in [-0.15, -0.1) is 0 Å². The third-order valence-electron chi connectivity index (χ3n) is 2.77. The van der Waals surface area contributed by atoms with Gasteiger partial charge in [0.05, 0.1) is 0 Å². The topological polar surface area (TPSA) is 70.2 Å². The number of hydrogen-bond donors (Lipinski definition) is 2. The van der Waals surface area contributed by atoms with Gasteiger partial charge >= 0.3 is 0 Å². The van der Waals surface area contributed by atoms with Crippen molar-refractivity contribution in [3.05, 3.63) is 12.3 Å². The molecule has 1 atom stereocenters. The molecule has 19 heavy (non-hydrogen) atoms. The number of carbonyl (C=O) groups excluding carboxylic acids is 1. The first-order chi connectivity index (χ1) is 9.08. The molecule has 0 aromatic carbocycles. The highest BCUT2D eigenvalue weighted by atomic mass is 16.2. The normalized spacial score (nSPS) is 11.8. The van der Waals surface area contributed by atoms with Gasteiger partial charge in [0.2, 0.25) is 11.9 Å². The van der Waals surface area contributed by atoms with Crippen molar-refractivity contribution in [1.29, 1.82) is 0 Å². The predicted octanol–water partition coefficient (Wildman–Crippen LogP) is 1.58. The fourth-order valence-electron chi connectivity index (χ4n) is 1.53. The predicted molar refractivity (Wildman–Crippen MR) is 77.2 cm³/mol. The molecule has 1 rings (SSSR count). The van der Waals surface area contributed by atoms with Crippen molar-refractivity contribution in [2.45, 2.75) is 33.2 Å². The highest BCUT2D eigenvalue weighted by molar-refractivity contribution is 5.83. The number of amides is 1. The molecule has 0 aliphatic carbocycles. The molecule has 2 N–H and O–H groups in total. The van der Waals surface area contributed by atoms with Gasteiger partial charge in [-0.2, -0.15) is 4.98 Å². The molecule has 1 aromatic heterocycles. The van der Waals surface area contributed by atoms with Crippen LogP contribution in [0, 0.1) is 0 Å². The standard InChI is InChI=1S/C13H23N5O/c1-5-8-14-13-15-9-7-11(17-13)16-10(3)12(19)18(4)6-2/h7,9-10H,5-6,8H2,1-4H3,(H2,14,15,16,17). The molecule has 1 aromatic rings. The molecule has 6 nitrogen and oxygen atoms in total. The van der Waals surface area contributed by atoms with E-state index < -0.39 is 0 Å². The second-order valence-electron chi connectivity index (χ2n) is 4.41. The average molecular weight is 265 g/mol.